The summed E-state index contributed by atoms with van der Waals surface area (Å²) in [5.74, 6) is 0.243. The Morgan fingerprint density at radius 2 is 2.13 bits per heavy atom. The van der Waals surface area contributed by atoms with Gasteiger partial charge in [0.2, 0.25) is 11.8 Å². The van der Waals surface area contributed by atoms with Gasteiger partial charge in [0.1, 0.15) is 12.4 Å². The van der Waals surface area contributed by atoms with Crippen molar-refractivity contribution in [1.29, 1.82) is 0 Å². The fourth-order valence-electron chi connectivity index (χ4n) is 3.01. The monoisotopic (exact) mass is 312 g/mol. The van der Waals surface area contributed by atoms with Gasteiger partial charge >= 0.3 is 0 Å². The van der Waals surface area contributed by atoms with E-state index in [0.717, 1.165) is 29.8 Å². The molecule has 1 aromatic carbocycles. The molecule has 1 aliphatic rings. The lowest BCUT2D eigenvalue weighted by molar-refractivity contribution is -0.123. The van der Waals surface area contributed by atoms with Crippen molar-refractivity contribution in [2.45, 2.75) is 25.9 Å². The summed E-state index contributed by atoms with van der Waals surface area (Å²) < 4.78 is 5.60. The molecule has 3 rings (SSSR count). The summed E-state index contributed by atoms with van der Waals surface area (Å²) >= 11 is 0. The summed E-state index contributed by atoms with van der Waals surface area (Å²) in [4.78, 5) is 22.7. The molecule has 1 aliphatic heterocycles. The van der Waals surface area contributed by atoms with Crippen molar-refractivity contribution in [2.75, 3.05) is 13.2 Å². The molecular formula is C17H20N4O2. The third kappa shape index (κ3) is 3.17. The second kappa shape index (κ2) is 6.75. The van der Waals surface area contributed by atoms with Crippen LogP contribution in [0.3, 0.4) is 0 Å². The van der Waals surface area contributed by atoms with Crippen molar-refractivity contribution in [3.05, 3.63) is 53.5 Å². The number of hydrogen-bond donors (Lipinski definition) is 1. The Balaban J connectivity index is 1.92. The lowest BCUT2D eigenvalue weighted by Crippen LogP contribution is -2.41. The fraction of sp³-hybridized carbons (Fsp3) is 0.353. The summed E-state index contributed by atoms with van der Waals surface area (Å²) in [6.07, 6.45) is 2.27. The molecule has 0 bridgehead atoms. The molecular weight excluding hydrogens is 292 g/mol. The normalized spacial score (nSPS) is 15.7. The Labute approximate surface area is 135 Å². The highest BCUT2D eigenvalue weighted by atomic mass is 16.5. The largest absolute Gasteiger partial charge is 0.478 e. The number of aromatic nitrogens is 2. The number of benzene rings is 1. The Kier molecular flexibility index (Phi) is 4.52. The minimum atomic E-state index is -0.459. The third-order valence-corrected chi connectivity index (χ3v) is 4.02. The predicted octanol–water partition coefficient (Wildman–Crippen LogP) is 1.46. The molecule has 23 heavy (non-hydrogen) atoms. The average Bonchev–Trinajstić information content (AvgIpc) is 2.56. The molecule has 1 amide bonds. The van der Waals surface area contributed by atoms with Gasteiger partial charge < -0.3 is 10.5 Å². The maximum Gasteiger partial charge on any atom is 0.239 e. The van der Waals surface area contributed by atoms with Gasteiger partial charge in [0.15, 0.2) is 0 Å². The van der Waals surface area contributed by atoms with Gasteiger partial charge in [0.25, 0.3) is 0 Å². The molecule has 6 heteroatoms. The number of rotatable bonds is 5. The van der Waals surface area contributed by atoms with E-state index in [-0.39, 0.29) is 5.91 Å². The van der Waals surface area contributed by atoms with E-state index in [1.807, 2.05) is 37.3 Å². The third-order valence-electron chi connectivity index (χ3n) is 4.02. The van der Waals surface area contributed by atoms with Gasteiger partial charge in [-0.15, -0.1) is 0 Å². The van der Waals surface area contributed by atoms with Crippen LogP contribution in [0, 0.1) is 0 Å². The molecule has 2 heterocycles. The van der Waals surface area contributed by atoms with Gasteiger partial charge in [-0.25, -0.2) is 9.97 Å². The predicted molar refractivity (Wildman–Crippen MR) is 85.7 cm³/mol. The summed E-state index contributed by atoms with van der Waals surface area (Å²) in [5, 5.41) is 0. The van der Waals surface area contributed by atoms with Crippen molar-refractivity contribution in [2.24, 2.45) is 5.73 Å². The number of fused-ring (bicyclic) bond motifs is 1. The highest BCUT2D eigenvalue weighted by Crippen LogP contribution is 2.30. The van der Waals surface area contributed by atoms with Crippen molar-refractivity contribution in [3.8, 4) is 5.88 Å². The Hall–Kier alpha value is -2.47. The lowest BCUT2D eigenvalue weighted by atomic mass is 9.99. The zero-order chi connectivity index (χ0) is 16.2. The number of nitrogens with two attached hydrogens (primary N) is 1. The van der Waals surface area contributed by atoms with Gasteiger partial charge in [0.05, 0.1) is 12.3 Å². The second-order valence-electron chi connectivity index (χ2n) is 5.47. The van der Waals surface area contributed by atoms with E-state index in [0.29, 0.717) is 19.0 Å². The first-order valence-electron chi connectivity index (χ1n) is 7.74. The topological polar surface area (TPSA) is 81.3 Å². The number of hydrogen-bond acceptors (Lipinski definition) is 5. The van der Waals surface area contributed by atoms with Crippen LogP contribution in [-0.2, 0) is 17.8 Å². The van der Waals surface area contributed by atoms with E-state index in [2.05, 4.69) is 14.9 Å². The Morgan fingerprint density at radius 1 is 1.35 bits per heavy atom. The lowest BCUT2D eigenvalue weighted by Gasteiger charge is -2.34. The molecule has 0 aliphatic carbocycles. The van der Waals surface area contributed by atoms with Gasteiger partial charge in [0, 0.05) is 25.1 Å². The summed E-state index contributed by atoms with van der Waals surface area (Å²) in [5.41, 5.74) is 8.50. The molecule has 0 fully saturated rings. The van der Waals surface area contributed by atoms with E-state index < -0.39 is 6.04 Å². The number of ether oxygens (including phenoxy) is 1. The molecule has 0 unspecified atom stereocenters. The van der Waals surface area contributed by atoms with Crippen LogP contribution < -0.4 is 10.5 Å². The SMILES string of the molecule is CCOc1ncnc2c1CN([C@H](C(N)=O)c1ccccc1)CC2. The first-order chi connectivity index (χ1) is 11.2. The Bertz CT molecular complexity index is 690. The smallest absolute Gasteiger partial charge is 0.239 e. The maximum atomic E-state index is 12.0. The first kappa shape index (κ1) is 15.4. The van der Waals surface area contributed by atoms with Crippen LogP contribution >= 0.6 is 0 Å². The molecule has 1 atom stereocenters. The van der Waals surface area contributed by atoms with E-state index in [1.54, 1.807) is 0 Å². The average molecular weight is 312 g/mol. The minimum absolute atomic E-state index is 0.352. The van der Waals surface area contributed by atoms with Crippen LogP contribution in [0.15, 0.2) is 36.7 Å². The fourth-order valence-corrected chi connectivity index (χ4v) is 3.01. The number of nitrogens with zero attached hydrogens (tertiary/aromatic N) is 3. The van der Waals surface area contributed by atoms with Crippen molar-refractivity contribution in [1.82, 2.24) is 14.9 Å². The van der Waals surface area contributed by atoms with Crippen LogP contribution in [0.4, 0.5) is 0 Å². The van der Waals surface area contributed by atoms with Crippen molar-refractivity contribution >= 4 is 5.91 Å². The van der Waals surface area contributed by atoms with Crippen LogP contribution in [0.25, 0.3) is 0 Å². The molecule has 0 spiro atoms. The molecule has 0 saturated carbocycles. The van der Waals surface area contributed by atoms with E-state index >= 15 is 0 Å². The van der Waals surface area contributed by atoms with E-state index in [4.69, 9.17) is 10.5 Å². The van der Waals surface area contributed by atoms with E-state index in [1.165, 1.54) is 6.33 Å². The number of carbonyl (C=O) groups excluding carboxylic acids is 1. The van der Waals surface area contributed by atoms with Gasteiger partial charge in [-0.05, 0) is 12.5 Å². The second-order valence-corrected chi connectivity index (χ2v) is 5.47. The van der Waals surface area contributed by atoms with Crippen LogP contribution in [0.2, 0.25) is 0 Å². The van der Waals surface area contributed by atoms with Crippen LogP contribution in [-0.4, -0.2) is 33.9 Å². The van der Waals surface area contributed by atoms with Crippen LogP contribution in [0.5, 0.6) is 5.88 Å². The van der Waals surface area contributed by atoms with Gasteiger partial charge in [-0.2, -0.15) is 0 Å². The molecule has 0 radical (unpaired) electrons. The molecule has 0 saturated heterocycles. The zero-order valence-electron chi connectivity index (χ0n) is 13.1. The van der Waals surface area contributed by atoms with Crippen LogP contribution in [0.1, 0.15) is 29.8 Å². The van der Waals surface area contributed by atoms with Gasteiger partial charge in [-0.3, -0.25) is 9.69 Å². The number of primary amides is 1. The highest BCUT2D eigenvalue weighted by molar-refractivity contribution is 5.81. The quantitative estimate of drug-likeness (QED) is 0.904. The number of amides is 1. The molecule has 120 valence electrons. The van der Waals surface area contributed by atoms with Crippen molar-refractivity contribution in [3.63, 3.8) is 0 Å². The highest BCUT2D eigenvalue weighted by Gasteiger charge is 2.31. The first-order valence-corrected chi connectivity index (χ1v) is 7.74. The molecule has 2 aromatic rings. The standard InChI is InChI=1S/C17H20N4O2/c1-2-23-17-13-10-21(9-8-14(13)19-11-20-17)15(16(18)22)12-6-4-3-5-7-12/h3-7,11,15H,2,8-10H2,1H3,(H2,18,22)/t15-/m0/s1. The number of carbonyl (C=O) groups is 1. The van der Waals surface area contributed by atoms with Crippen molar-refractivity contribution < 1.29 is 9.53 Å². The molecule has 1 aromatic heterocycles. The molecule has 6 nitrogen and oxygen atoms in total. The Morgan fingerprint density at radius 3 is 2.83 bits per heavy atom. The minimum Gasteiger partial charge on any atom is -0.478 e. The summed E-state index contributed by atoms with van der Waals surface area (Å²) in [7, 11) is 0. The summed E-state index contributed by atoms with van der Waals surface area (Å²) in [6, 6.07) is 9.15. The maximum absolute atomic E-state index is 12.0. The summed E-state index contributed by atoms with van der Waals surface area (Å²) in [6.45, 7) is 3.73. The zero-order valence-corrected chi connectivity index (χ0v) is 13.1. The van der Waals surface area contributed by atoms with E-state index in [9.17, 15) is 4.79 Å². The van der Waals surface area contributed by atoms with Gasteiger partial charge in [-0.1, -0.05) is 30.3 Å². The molecule has 2 N–H and O–H groups in total.